The Labute approximate surface area is 158 Å². The highest BCUT2D eigenvalue weighted by atomic mass is 79.9. The van der Waals surface area contributed by atoms with Crippen LogP contribution in [-0.4, -0.2) is 31.8 Å². The van der Waals surface area contributed by atoms with Gasteiger partial charge < -0.3 is 5.32 Å². The number of aromatic nitrogens is 3. The molecule has 1 heterocycles. The van der Waals surface area contributed by atoms with Crippen molar-refractivity contribution in [1.29, 1.82) is 0 Å². The van der Waals surface area contributed by atoms with Gasteiger partial charge in [-0.25, -0.2) is 4.98 Å². The van der Waals surface area contributed by atoms with Gasteiger partial charge >= 0.3 is 0 Å². The molecule has 128 valence electrons. The summed E-state index contributed by atoms with van der Waals surface area (Å²) in [6.07, 6.45) is 0. The van der Waals surface area contributed by atoms with E-state index in [-0.39, 0.29) is 29.0 Å². The number of carbonyl (C=O) groups is 1. The minimum absolute atomic E-state index is 0.0368. The molecule has 1 aromatic carbocycles. The standard InChI is InChI=1S/C13H13Br2N5O3S/c1-6(2)12-17-13(19-18-12)24-5-10(21)16-11-8(15)3-7(14)4-9(11)20(22)23/h3-4,6H,5H2,1-2H3,(H,16,21)(H,17,18,19). The number of rotatable bonds is 6. The first-order valence-electron chi connectivity index (χ1n) is 6.76. The second-order valence-electron chi connectivity index (χ2n) is 5.03. The van der Waals surface area contributed by atoms with E-state index in [0.717, 1.165) is 17.6 Å². The van der Waals surface area contributed by atoms with Gasteiger partial charge in [0, 0.05) is 20.9 Å². The Kier molecular flexibility index (Phi) is 6.35. The highest BCUT2D eigenvalue weighted by molar-refractivity contribution is 9.11. The zero-order valence-electron chi connectivity index (χ0n) is 12.7. The number of aromatic amines is 1. The van der Waals surface area contributed by atoms with E-state index in [9.17, 15) is 14.9 Å². The third-order valence-corrected chi connectivity index (χ3v) is 4.79. The van der Waals surface area contributed by atoms with Gasteiger partial charge in [-0.15, -0.1) is 5.10 Å². The van der Waals surface area contributed by atoms with Gasteiger partial charge in [0.05, 0.1) is 10.7 Å². The van der Waals surface area contributed by atoms with E-state index in [1.165, 1.54) is 6.07 Å². The molecular weight excluding hydrogens is 466 g/mol. The van der Waals surface area contributed by atoms with Crippen LogP contribution in [0.3, 0.4) is 0 Å². The van der Waals surface area contributed by atoms with Crippen molar-refractivity contribution in [1.82, 2.24) is 15.2 Å². The first kappa shape index (κ1) is 18.9. The normalized spacial score (nSPS) is 10.9. The van der Waals surface area contributed by atoms with Crippen LogP contribution in [0.4, 0.5) is 11.4 Å². The van der Waals surface area contributed by atoms with Crippen LogP contribution in [-0.2, 0) is 4.79 Å². The van der Waals surface area contributed by atoms with E-state index in [0.29, 0.717) is 14.1 Å². The van der Waals surface area contributed by atoms with Gasteiger partial charge in [0.2, 0.25) is 11.1 Å². The minimum atomic E-state index is -0.553. The molecule has 1 amide bonds. The molecule has 0 aliphatic carbocycles. The zero-order valence-corrected chi connectivity index (χ0v) is 16.7. The fourth-order valence-electron chi connectivity index (χ4n) is 1.71. The molecule has 0 saturated carbocycles. The topological polar surface area (TPSA) is 114 Å². The molecule has 0 atom stereocenters. The van der Waals surface area contributed by atoms with Crippen LogP contribution in [0.2, 0.25) is 0 Å². The number of carbonyl (C=O) groups excluding carboxylic acids is 1. The Hall–Kier alpha value is -1.46. The number of nitro groups is 1. The van der Waals surface area contributed by atoms with Crippen molar-refractivity contribution in [3.05, 3.63) is 37.0 Å². The van der Waals surface area contributed by atoms with Gasteiger partial charge in [-0.05, 0) is 22.0 Å². The van der Waals surface area contributed by atoms with Gasteiger partial charge in [0.25, 0.3) is 5.69 Å². The summed E-state index contributed by atoms with van der Waals surface area (Å²) in [4.78, 5) is 26.9. The number of benzene rings is 1. The molecule has 8 nitrogen and oxygen atoms in total. The maximum absolute atomic E-state index is 12.1. The van der Waals surface area contributed by atoms with Crippen LogP contribution in [0, 0.1) is 10.1 Å². The maximum Gasteiger partial charge on any atom is 0.295 e. The third kappa shape index (κ3) is 4.77. The molecule has 24 heavy (non-hydrogen) atoms. The number of H-pyrrole nitrogens is 1. The van der Waals surface area contributed by atoms with Gasteiger partial charge in [-0.3, -0.25) is 20.0 Å². The quantitative estimate of drug-likeness (QED) is 0.367. The summed E-state index contributed by atoms with van der Waals surface area (Å²) in [5, 5.41) is 21.0. The van der Waals surface area contributed by atoms with Crippen LogP contribution in [0.15, 0.2) is 26.2 Å². The summed E-state index contributed by atoms with van der Waals surface area (Å²) in [5.41, 5.74) is -0.0822. The summed E-state index contributed by atoms with van der Waals surface area (Å²) in [6.45, 7) is 3.96. The predicted octanol–water partition coefficient (Wildman–Crippen LogP) is 4.09. The number of amides is 1. The van der Waals surface area contributed by atoms with Gasteiger partial charge in [0.1, 0.15) is 11.5 Å². The van der Waals surface area contributed by atoms with Crippen molar-refractivity contribution in [3.8, 4) is 0 Å². The Morgan fingerprint density at radius 2 is 2.17 bits per heavy atom. The molecule has 0 fully saturated rings. The molecule has 11 heteroatoms. The molecule has 0 radical (unpaired) electrons. The summed E-state index contributed by atoms with van der Waals surface area (Å²) < 4.78 is 0.956. The molecule has 0 unspecified atom stereocenters. The summed E-state index contributed by atoms with van der Waals surface area (Å²) in [5.74, 6) is 0.600. The van der Waals surface area contributed by atoms with Gasteiger partial charge in [-0.1, -0.05) is 41.5 Å². The van der Waals surface area contributed by atoms with Crippen LogP contribution in [0.25, 0.3) is 0 Å². The lowest BCUT2D eigenvalue weighted by atomic mass is 10.2. The van der Waals surface area contributed by atoms with Crippen molar-refractivity contribution < 1.29 is 9.72 Å². The Bertz CT molecular complexity index is 781. The average molecular weight is 479 g/mol. The largest absolute Gasteiger partial charge is 0.319 e. The summed E-state index contributed by atoms with van der Waals surface area (Å²) in [6, 6.07) is 2.96. The molecule has 2 N–H and O–H groups in total. The molecule has 0 saturated heterocycles. The third-order valence-electron chi connectivity index (χ3n) is 2.86. The number of halogens is 2. The predicted molar refractivity (Wildman–Crippen MR) is 98.3 cm³/mol. The van der Waals surface area contributed by atoms with E-state index in [1.807, 2.05) is 13.8 Å². The highest BCUT2D eigenvalue weighted by Crippen LogP contribution is 2.36. The van der Waals surface area contributed by atoms with Crippen molar-refractivity contribution >= 4 is 60.9 Å². The molecular formula is C13H13Br2N5O3S. The maximum atomic E-state index is 12.1. The van der Waals surface area contributed by atoms with Crippen molar-refractivity contribution in [2.45, 2.75) is 24.9 Å². The van der Waals surface area contributed by atoms with Crippen LogP contribution >= 0.6 is 43.6 Å². The number of hydrogen-bond donors (Lipinski definition) is 2. The smallest absolute Gasteiger partial charge is 0.295 e. The Morgan fingerprint density at radius 3 is 2.75 bits per heavy atom. The molecule has 1 aromatic heterocycles. The fraction of sp³-hybridized carbons (Fsp3) is 0.308. The second kappa shape index (κ2) is 8.08. The van der Waals surface area contributed by atoms with Crippen molar-refractivity contribution in [2.75, 3.05) is 11.1 Å². The first-order valence-corrected chi connectivity index (χ1v) is 9.33. The van der Waals surface area contributed by atoms with E-state index in [4.69, 9.17) is 0 Å². The minimum Gasteiger partial charge on any atom is -0.319 e. The monoisotopic (exact) mass is 477 g/mol. The Morgan fingerprint density at radius 1 is 1.46 bits per heavy atom. The average Bonchev–Trinajstić information content (AvgIpc) is 2.96. The number of anilines is 1. The summed E-state index contributed by atoms with van der Waals surface area (Å²) in [7, 11) is 0. The number of hydrogen-bond acceptors (Lipinski definition) is 6. The van der Waals surface area contributed by atoms with E-state index in [1.54, 1.807) is 6.07 Å². The zero-order chi connectivity index (χ0) is 17.9. The fourth-order valence-corrected chi connectivity index (χ4v) is 3.62. The van der Waals surface area contributed by atoms with Crippen molar-refractivity contribution in [3.63, 3.8) is 0 Å². The molecule has 2 aromatic rings. The lowest BCUT2D eigenvalue weighted by molar-refractivity contribution is -0.384. The van der Waals surface area contributed by atoms with Crippen LogP contribution < -0.4 is 5.32 Å². The Balaban J connectivity index is 2.05. The lowest BCUT2D eigenvalue weighted by Gasteiger charge is -2.08. The number of nitrogens with zero attached hydrogens (tertiary/aromatic N) is 3. The molecule has 0 spiro atoms. The lowest BCUT2D eigenvalue weighted by Crippen LogP contribution is -2.15. The van der Waals surface area contributed by atoms with E-state index >= 15 is 0 Å². The van der Waals surface area contributed by atoms with E-state index < -0.39 is 4.92 Å². The number of nitro benzene ring substituents is 1. The van der Waals surface area contributed by atoms with E-state index in [2.05, 4.69) is 52.4 Å². The molecule has 2 rings (SSSR count). The molecule has 0 aliphatic heterocycles. The summed E-state index contributed by atoms with van der Waals surface area (Å²) >= 11 is 7.56. The van der Waals surface area contributed by atoms with Gasteiger partial charge in [-0.2, -0.15) is 0 Å². The first-order chi connectivity index (χ1) is 11.3. The SMILES string of the molecule is CC(C)c1nc(SCC(=O)Nc2c(Br)cc(Br)cc2[N+](=O)[O-])n[nH]1. The van der Waals surface area contributed by atoms with Crippen LogP contribution in [0.1, 0.15) is 25.6 Å². The highest BCUT2D eigenvalue weighted by Gasteiger charge is 2.20. The second-order valence-corrected chi connectivity index (χ2v) is 7.75. The number of nitrogens with one attached hydrogen (secondary N) is 2. The molecule has 0 aliphatic rings. The number of thioether (sulfide) groups is 1. The molecule has 0 bridgehead atoms. The van der Waals surface area contributed by atoms with Crippen LogP contribution in [0.5, 0.6) is 0 Å². The van der Waals surface area contributed by atoms with Gasteiger partial charge in [0.15, 0.2) is 0 Å². The van der Waals surface area contributed by atoms with Crippen molar-refractivity contribution in [2.24, 2.45) is 0 Å².